The molecule has 0 saturated carbocycles. The van der Waals surface area contributed by atoms with Crippen LogP contribution >= 0.6 is 15.9 Å². The molecule has 26 heavy (non-hydrogen) atoms. The average Bonchev–Trinajstić information content (AvgIpc) is 3.12. The molecule has 0 spiro atoms. The summed E-state index contributed by atoms with van der Waals surface area (Å²) in [5, 5.41) is 4.28. The molecule has 1 aromatic heterocycles. The second kappa shape index (κ2) is 8.67. The quantitative estimate of drug-likeness (QED) is 0.590. The molecule has 1 amide bonds. The minimum Gasteiger partial charge on any atom is -0.492 e. The van der Waals surface area contributed by atoms with Gasteiger partial charge in [0.15, 0.2) is 0 Å². The largest absolute Gasteiger partial charge is 0.492 e. The van der Waals surface area contributed by atoms with E-state index in [0.717, 1.165) is 15.8 Å². The number of halogens is 1. The highest BCUT2D eigenvalue weighted by molar-refractivity contribution is 9.10. The molecule has 3 aromatic rings. The Morgan fingerprint density at radius 2 is 1.88 bits per heavy atom. The standard InChI is InChI=1S/C20H20BrN3O2/c1-23(11-12-26-19-9-7-18(21)8-10-19)20(25)17-13-22-24(15-17)14-16-5-3-2-4-6-16/h2-10,13,15H,11-12,14H2,1H3. The number of hydrogen-bond acceptors (Lipinski definition) is 3. The van der Waals surface area contributed by atoms with Gasteiger partial charge in [-0.15, -0.1) is 0 Å². The summed E-state index contributed by atoms with van der Waals surface area (Å²) in [4.78, 5) is 14.1. The van der Waals surface area contributed by atoms with Crippen LogP contribution in [0.3, 0.4) is 0 Å². The summed E-state index contributed by atoms with van der Waals surface area (Å²) in [7, 11) is 1.77. The van der Waals surface area contributed by atoms with Crippen molar-refractivity contribution in [2.24, 2.45) is 0 Å². The minimum absolute atomic E-state index is 0.0660. The van der Waals surface area contributed by atoms with Crippen molar-refractivity contribution in [3.63, 3.8) is 0 Å². The third-order valence-electron chi connectivity index (χ3n) is 3.92. The molecule has 0 unspecified atom stereocenters. The van der Waals surface area contributed by atoms with Crippen molar-refractivity contribution in [1.29, 1.82) is 0 Å². The summed E-state index contributed by atoms with van der Waals surface area (Å²) in [5.41, 5.74) is 1.72. The lowest BCUT2D eigenvalue weighted by Crippen LogP contribution is -2.30. The molecule has 0 N–H and O–H groups in total. The van der Waals surface area contributed by atoms with E-state index in [-0.39, 0.29) is 5.91 Å². The monoisotopic (exact) mass is 413 g/mol. The van der Waals surface area contributed by atoms with E-state index in [1.165, 1.54) is 0 Å². The van der Waals surface area contributed by atoms with Gasteiger partial charge in [-0.05, 0) is 29.8 Å². The number of likely N-dealkylation sites (N-methyl/N-ethyl adjacent to an activating group) is 1. The van der Waals surface area contributed by atoms with E-state index in [2.05, 4.69) is 21.0 Å². The molecule has 0 fully saturated rings. The van der Waals surface area contributed by atoms with Crippen LogP contribution in [0.1, 0.15) is 15.9 Å². The SMILES string of the molecule is CN(CCOc1ccc(Br)cc1)C(=O)c1cnn(Cc2ccccc2)c1. The molecule has 0 aliphatic rings. The normalized spacial score (nSPS) is 10.5. The Morgan fingerprint density at radius 3 is 2.62 bits per heavy atom. The van der Waals surface area contributed by atoms with Crippen molar-refractivity contribution in [1.82, 2.24) is 14.7 Å². The zero-order valence-electron chi connectivity index (χ0n) is 14.5. The van der Waals surface area contributed by atoms with E-state index in [4.69, 9.17) is 4.74 Å². The zero-order valence-corrected chi connectivity index (χ0v) is 16.1. The first-order chi connectivity index (χ1) is 12.6. The minimum atomic E-state index is -0.0660. The van der Waals surface area contributed by atoms with Gasteiger partial charge in [-0.3, -0.25) is 9.48 Å². The Bertz CT molecular complexity index is 847. The van der Waals surface area contributed by atoms with Crippen molar-refractivity contribution >= 4 is 21.8 Å². The Balaban J connectivity index is 1.51. The summed E-state index contributed by atoms with van der Waals surface area (Å²) in [6.07, 6.45) is 3.39. The first kappa shape index (κ1) is 18.2. The van der Waals surface area contributed by atoms with Crippen LogP contribution in [0.5, 0.6) is 5.75 Å². The van der Waals surface area contributed by atoms with Crippen LogP contribution in [-0.2, 0) is 6.54 Å². The second-order valence-electron chi connectivity index (χ2n) is 5.94. The van der Waals surface area contributed by atoms with Gasteiger partial charge in [0, 0.05) is 17.7 Å². The third-order valence-corrected chi connectivity index (χ3v) is 4.45. The van der Waals surface area contributed by atoms with Crippen molar-refractivity contribution in [2.45, 2.75) is 6.54 Å². The smallest absolute Gasteiger partial charge is 0.256 e. The van der Waals surface area contributed by atoms with E-state index in [1.54, 1.807) is 29.0 Å². The van der Waals surface area contributed by atoms with Crippen LogP contribution in [0.15, 0.2) is 71.5 Å². The molecule has 0 saturated heterocycles. The molecule has 6 heteroatoms. The van der Waals surface area contributed by atoms with Crippen molar-refractivity contribution in [3.05, 3.63) is 82.6 Å². The molecule has 0 atom stereocenters. The average molecular weight is 414 g/mol. The number of carbonyl (C=O) groups is 1. The number of hydrogen-bond donors (Lipinski definition) is 0. The lowest BCUT2D eigenvalue weighted by atomic mass is 10.2. The maximum atomic E-state index is 12.5. The highest BCUT2D eigenvalue weighted by atomic mass is 79.9. The van der Waals surface area contributed by atoms with Crippen LogP contribution in [0.2, 0.25) is 0 Å². The fourth-order valence-corrected chi connectivity index (χ4v) is 2.75. The molecule has 3 rings (SSSR count). The Kier molecular flexibility index (Phi) is 6.07. The van der Waals surface area contributed by atoms with Crippen LogP contribution in [-0.4, -0.2) is 40.8 Å². The van der Waals surface area contributed by atoms with Gasteiger partial charge in [-0.1, -0.05) is 46.3 Å². The fraction of sp³-hybridized carbons (Fsp3) is 0.200. The number of ether oxygens (including phenoxy) is 1. The molecular formula is C20H20BrN3O2. The van der Waals surface area contributed by atoms with E-state index in [1.807, 2.05) is 54.6 Å². The number of carbonyl (C=O) groups excluding carboxylic acids is 1. The van der Waals surface area contributed by atoms with Gasteiger partial charge in [-0.25, -0.2) is 0 Å². The highest BCUT2D eigenvalue weighted by Gasteiger charge is 2.14. The van der Waals surface area contributed by atoms with Gasteiger partial charge >= 0.3 is 0 Å². The number of amides is 1. The Hall–Kier alpha value is -2.60. The van der Waals surface area contributed by atoms with Crippen LogP contribution in [0.25, 0.3) is 0 Å². The van der Waals surface area contributed by atoms with Gasteiger partial charge < -0.3 is 9.64 Å². The van der Waals surface area contributed by atoms with Crippen molar-refractivity contribution < 1.29 is 9.53 Å². The molecule has 134 valence electrons. The summed E-state index contributed by atoms with van der Waals surface area (Å²) < 4.78 is 8.44. The van der Waals surface area contributed by atoms with Gasteiger partial charge in [0.2, 0.25) is 0 Å². The van der Waals surface area contributed by atoms with Gasteiger partial charge in [0.1, 0.15) is 12.4 Å². The van der Waals surface area contributed by atoms with Crippen LogP contribution < -0.4 is 4.74 Å². The number of rotatable bonds is 7. The van der Waals surface area contributed by atoms with E-state index in [0.29, 0.717) is 25.3 Å². The molecule has 0 radical (unpaired) electrons. The zero-order chi connectivity index (χ0) is 18.4. The Labute approximate surface area is 161 Å². The lowest BCUT2D eigenvalue weighted by Gasteiger charge is -2.16. The predicted molar refractivity (Wildman–Crippen MR) is 104 cm³/mol. The maximum Gasteiger partial charge on any atom is 0.256 e. The van der Waals surface area contributed by atoms with E-state index < -0.39 is 0 Å². The van der Waals surface area contributed by atoms with Crippen molar-refractivity contribution in [3.8, 4) is 5.75 Å². The van der Waals surface area contributed by atoms with Crippen LogP contribution in [0.4, 0.5) is 0 Å². The number of aromatic nitrogens is 2. The summed E-state index contributed by atoms with van der Waals surface area (Å²) >= 11 is 3.39. The van der Waals surface area contributed by atoms with E-state index >= 15 is 0 Å². The maximum absolute atomic E-state index is 12.5. The van der Waals surface area contributed by atoms with Gasteiger partial charge in [0.25, 0.3) is 5.91 Å². The molecular weight excluding hydrogens is 394 g/mol. The summed E-state index contributed by atoms with van der Waals surface area (Å²) in [5.74, 6) is 0.716. The molecule has 1 heterocycles. The molecule has 0 aliphatic carbocycles. The molecule has 0 bridgehead atoms. The first-order valence-corrected chi connectivity index (χ1v) is 9.11. The lowest BCUT2D eigenvalue weighted by molar-refractivity contribution is 0.0773. The second-order valence-corrected chi connectivity index (χ2v) is 6.86. The number of nitrogens with zero attached hydrogens (tertiary/aromatic N) is 3. The third kappa shape index (κ3) is 4.95. The number of benzene rings is 2. The molecule has 5 nitrogen and oxygen atoms in total. The first-order valence-electron chi connectivity index (χ1n) is 8.32. The van der Waals surface area contributed by atoms with E-state index in [9.17, 15) is 4.79 Å². The van der Waals surface area contributed by atoms with Crippen LogP contribution in [0, 0.1) is 0 Å². The Morgan fingerprint density at radius 1 is 1.15 bits per heavy atom. The molecule has 2 aromatic carbocycles. The van der Waals surface area contributed by atoms with Gasteiger partial charge in [0.05, 0.1) is 24.8 Å². The molecule has 0 aliphatic heterocycles. The topological polar surface area (TPSA) is 47.4 Å². The summed E-state index contributed by atoms with van der Waals surface area (Å²) in [6, 6.07) is 17.7. The predicted octanol–water partition coefficient (Wildman–Crippen LogP) is 3.84. The summed E-state index contributed by atoms with van der Waals surface area (Å²) in [6.45, 7) is 1.57. The van der Waals surface area contributed by atoms with Crippen molar-refractivity contribution in [2.75, 3.05) is 20.2 Å². The fourth-order valence-electron chi connectivity index (χ4n) is 2.48. The van der Waals surface area contributed by atoms with Gasteiger partial charge in [-0.2, -0.15) is 5.10 Å². The highest BCUT2D eigenvalue weighted by Crippen LogP contribution is 2.16.